The van der Waals surface area contributed by atoms with Crippen molar-refractivity contribution in [2.45, 2.75) is 12.5 Å². The van der Waals surface area contributed by atoms with Crippen molar-refractivity contribution in [3.8, 4) is 0 Å². The van der Waals surface area contributed by atoms with Gasteiger partial charge in [0.15, 0.2) is 0 Å². The lowest BCUT2D eigenvalue weighted by Crippen LogP contribution is -2.30. The van der Waals surface area contributed by atoms with E-state index in [2.05, 4.69) is 10.6 Å². The topological polar surface area (TPSA) is 58.2 Å². The van der Waals surface area contributed by atoms with Crippen LogP contribution in [0, 0.1) is 0 Å². The normalized spacial score (nSPS) is 19.4. The first-order valence-electron chi connectivity index (χ1n) is 4.72. The Morgan fingerprint density at radius 3 is 2.35 bits per heavy atom. The summed E-state index contributed by atoms with van der Waals surface area (Å²) in [6.45, 7) is 0. The molecule has 7 heteroatoms. The third-order valence-electron chi connectivity index (χ3n) is 2.31. The van der Waals surface area contributed by atoms with E-state index in [1.54, 1.807) is 0 Å². The number of carbonyl (C=O) groups excluding carboxylic acids is 2. The van der Waals surface area contributed by atoms with E-state index in [9.17, 15) is 9.59 Å². The van der Waals surface area contributed by atoms with Crippen LogP contribution in [0.4, 0.5) is 5.69 Å². The van der Waals surface area contributed by atoms with E-state index in [1.165, 1.54) is 12.1 Å². The van der Waals surface area contributed by atoms with Gasteiger partial charge in [0.05, 0.1) is 27.2 Å². The number of hydrogen-bond donors (Lipinski definition) is 2. The summed E-state index contributed by atoms with van der Waals surface area (Å²) < 4.78 is 0. The fourth-order valence-corrected chi connectivity index (χ4v) is 2.09. The molecular formula is C10H7Cl3N2O2. The molecule has 2 N–H and O–H groups in total. The van der Waals surface area contributed by atoms with Gasteiger partial charge in [-0.05, 0) is 12.1 Å². The predicted molar refractivity (Wildman–Crippen MR) is 66.6 cm³/mol. The lowest BCUT2D eigenvalue weighted by atomic mass is 10.2. The van der Waals surface area contributed by atoms with E-state index >= 15 is 0 Å². The fraction of sp³-hybridized carbons (Fsp3) is 0.200. The maximum Gasteiger partial charge on any atom is 0.249 e. The Morgan fingerprint density at radius 1 is 1.12 bits per heavy atom. The van der Waals surface area contributed by atoms with Gasteiger partial charge in [-0.25, -0.2) is 0 Å². The van der Waals surface area contributed by atoms with Gasteiger partial charge in [-0.3, -0.25) is 14.9 Å². The molecule has 1 aromatic carbocycles. The van der Waals surface area contributed by atoms with Crippen molar-refractivity contribution >= 4 is 52.3 Å². The van der Waals surface area contributed by atoms with Crippen LogP contribution in [0.25, 0.3) is 0 Å². The molecule has 1 fully saturated rings. The minimum atomic E-state index is -0.628. The third kappa shape index (κ3) is 2.65. The molecule has 1 heterocycles. The number of benzene rings is 1. The Kier molecular flexibility index (Phi) is 3.47. The molecular weight excluding hydrogens is 286 g/mol. The van der Waals surface area contributed by atoms with Crippen LogP contribution in [0.3, 0.4) is 0 Å². The van der Waals surface area contributed by atoms with E-state index in [0.29, 0.717) is 20.8 Å². The van der Waals surface area contributed by atoms with Gasteiger partial charge in [-0.2, -0.15) is 0 Å². The summed E-state index contributed by atoms with van der Waals surface area (Å²) in [5, 5.41) is 6.03. The summed E-state index contributed by atoms with van der Waals surface area (Å²) in [6.07, 6.45) is 0.0788. The van der Waals surface area contributed by atoms with Crippen LogP contribution in [0.15, 0.2) is 12.1 Å². The predicted octanol–water partition coefficient (Wildman–Crippen LogP) is 2.47. The minimum absolute atomic E-state index is 0.0788. The Labute approximate surface area is 112 Å². The number of imide groups is 1. The number of rotatable bonds is 2. The molecule has 0 aliphatic carbocycles. The van der Waals surface area contributed by atoms with E-state index in [-0.39, 0.29) is 18.2 Å². The summed E-state index contributed by atoms with van der Waals surface area (Å²) in [6, 6.07) is 2.36. The molecule has 4 nitrogen and oxygen atoms in total. The van der Waals surface area contributed by atoms with Gasteiger partial charge in [-0.1, -0.05) is 34.8 Å². The van der Waals surface area contributed by atoms with Crippen molar-refractivity contribution in [2.75, 3.05) is 5.32 Å². The summed E-state index contributed by atoms with van der Waals surface area (Å²) in [5.41, 5.74) is 0.468. The molecule has 0 bridgehead atoms. The van der Waals surface area contributed by atoms with Crippen LogP contribution in [-0.4, -0.2) is 17.9 Å². The average molecular weight is 294 g/mol. The van der Waals surface area contributed by atoms with Gasteiger partial charge >= 0.3 is 0 Å². The van der Waals surface area contributed by atoms with Crippen LogP contribution in [0.1, 0.15) is 6.42 Å². The van der Waals surface area contributed by atoms with Crippen molar-refractivity contribution < 1.29 is 9.59 Å². The molecule has 0 saturated carbocycles. The number of hydrogen-bond acceptors (Lipinski definition) is 3. The van der Waals surface area contributed by atoms with Gasteiger partial charge < -0.3 is 5.32 Å². The number of carbonyl (C=O) groups is 2. The van der Waals surface area contributed by atoms with Gasteiger partial charge in [-0.15, -0.1) is 0 Å². The standard InChI is InChI=1S/C10H7Cl3N2O2/c11-4-1-6(13)7(2-5(4)12)14-8-3-9(16)15-10(8)17/h1-2,8,14H,3H2,(H,15,16,17). The van der Waals surface area contributed by atoms with Crippen LogP contribution in [-0.2, 0) is 9.59 Å². The third-order valence-corrected chi connectivity index (χ3v) is 3.34. The van der Waals surface area contributed by atoms with Crippen molar-refractivity contribution in [1.29, 1.82) is 0 Å². The number of nitrogens with one attached hydrogen (secondary N) is 2. The van der Waals surface area contributed by atoms with Crippen molar-refractivity contribution in [2.24, 2.45) is 0 Å². The second kappa shape index (κ2) is 4.72. The molecule has 1 aliphatic heterocycles. The molecule has 2 rings (SSSR count). The fourth-order valence-electron chi connectivity index (χ4n) is 1.49. The van der Waals surface area contributed by atoms with E-state index in [4.69, 9.17) is 34.8 Å². The highest BCUT2D eigenvalue weighted by atomic mass is 35.5. The molecule has 1 unspecified atom stereocenters. The highest BCUT2D eigenvalue weighted by Gasteiger charge is 2.30. The number of halogens is 3. The first-order valence-corrected chi connectivity index (χ1v) is 5.85. The summed E-state index contributed by atoms with van der Waals surface area (Å²) in [7, 11) is 0. The largest absolute Gasteiger partial charge is 0.372 e. The maximum atomic E-state index is 11.4. The van der Waals surface area contributed by atoms with Crippen LogP contribution >= 0.6 is 34.8 Å². The van der Waals surface area contributed by atoms with Crippen molar-refractivity contribution in [3.05, 3.63) is 27.2 Å². The first kappa shape index (κ1) is 12.5. The molecule has 1 saturated heterocycles. The molecule has 0 spiro atoms. The average Bonchev–Trinajstić information content (AvgIpc) is 2.54. The van der Waals surface area contributed by atoms with Gasteiger partial charge in [0.25, 0.3) is 0 Å². The Morgan fingerprint density at radius 2 is 1.76 bits per heavy atom. The van der Waals surface area contributed by atoms with Crippen LogP contribution in [0.2, 0.25) is 15.1 Å². The molecule has 0 radical (unpaired) electrons. The van der Waals surface area contributed by atoms with Crippen LogP contribution in [0.5, 0.6) is 0 Å². The highest BCUT2D eigenvalue weighted by molar-refractivity contribution is 6.44. The second-order valence-corrected chi connectivity index (χ2v) is 4.78. The van der Waals surface area contributed by atoms with E-state index < -0.39 is 6.04 Å². The van der Waals surface area contributed by atoms with E-state index in [1.807, 2.05) is 0 Å². The summed E-state index contributed by atoms with van der Waals surface area (Å²) in [4.78, 5) is 22.4. The molecule has 90 valence electrons. The van der Waals surface area contributed by atoms with Crippen LogP contribution < -0.4 is 10.6 Å². The number of amides is 2. The Bertz CT molecular complexity index is 505. The zero-order valence-corrected chi connectivity index (χ0v) is 10.7. The lowest BCUT2D eigenvalue weighted by molar-refractivity contribution is -0.124. The summed E-state index contributed by atoms with van der Waals surface area (Å²) in [5.74, 6) is -0.694. The molecule has 1 aromatic rings. The monoisotopic (exact) mass is 292 g/mol. The lowest BCUT2D eigenvalue weighted by Gasteiger charge is -2.13. The van der Waals surface area contributed by atoms with Gasteiger partial charge in [0, 0.05) is 0 Å². The first-order chi connectivity index (χ1) is 7.97. The molecule has 17 heavy (non-hydrogen) atoms. The summed E-state index contributed by atoms with van der Waals surface area (Å²) >= 11 is 17.6. The SMILES string of the molecule is O=C1CC(Nc2cc(Cl)c(Cl)cc2Cl)C(=O)N1. The smallest absolute Gasteiger partial charge is 0.249 e. The van der Waals surface area contributed by atoms with Gasteiger partial charge in [0.1, 0.15) is 6.04 Å². The minimum Gasteiger partial charge on any atom is -0.372 e. The molecule has 0 aromatic heterocycles. The maximum absolute atomic E-state index is 11.4. The second-order valence-electron chi connectivity index (χ2n) is 3.56. The zero-order chi connectivity index (χ0) is 12.6. The van der Waals surface area contributed by atoms with Crippen molar-refractivity contribution in [3.63, 3.8) is 0 Å². The molecule has 1 aliphatic rings. The Balaban J connectivity index is 2.22. The highest BCUT2D eigenvalue weighted by Crippen LogP contribution is 2.32. The van der Waals surface area contributed by atoms with E-state index in [0.717, 1.165) is 0 Å². The van der Waals surface area contributed by atoms with Gasteiger partial charge in [0.2, 0.25) is 11.8 Å². The quantitative estimate of drug-likeness (QED) is 0.650. The van der Waals surface area contributed by atoms with Crippen molar-refractivity contribution in [1.82, 2.24) is 5.32 Å². The number of anilines is 1. The molecule has 1 atom stereocenters. The zero-order valence-electron chi connectivity index (χ0n) is 8.39. The Hall–Kier alpha value is -0.970. The molecule has 2 amide bonds.